The van der Waals surface area contributed by atoms with Crippen molar-refractivity contribution in [3.05, 3.63) is 59.7 Å². The Bertz CT molecular complexity index is 590. The molecule has 0 fully saturated rings. The van der Waals surface area contributed by atoms with Gasteiger partial charge < -0.3 is 14.4 Å². The first-order valence-electron chi connectivity index (χ1n) is 6.99. The fraction of sp³-hybridized carbons (Fsp3) is 0.278. The second-order valence-corrected chi connectivity index (χ2v) is 5.28. The van der Waals surface area contributed by atoms with Crippen LogP contribution in [0.25, 0.3) is 0 Å². The summed E-state index contributed by atoms with van der Waals surface area (Å²) < 4.78 is 5.22. The Kier molecular flexibility index (Phi) is 4.99. The van der Waals surface area contributed by atoms with Crippen LogP contribution in [0.5, 0.6) is 5.75 Å². The predicted molar refractivity (Wildman–Crippen MR) is 86.3 cm³/mol. The normalized spacial score (nSPS) is 11.8. The fourth-order valence-electron chi connectivity index (χ4n) is 2.30. The molecule has 0 heterocycles. The van der Waals surface area contributed by atoms with Crippen LogP contribution in [0, 0.1) is 0 Å². The summed E-state index contributed by atoms with van der Waals surface area (Å²) in [5, 5.41) is 0. The van der Waals surface area contributed by atoms with Crippen LogP contribution in [-0.2, 0) is 11.2 Å². The van der Waals surface area contributed by atoms with Crippen molar-refractivity contribution >= 4 is 12.0 Å². The van der Waals surface area contributed by atoms with Gasteiger partial charge >= 0.3 is 0 Å². The van der Waals surface area contributed by atoms with Gasteiger partial charge in [-0.1, -0.05) is 24.3 Å². The Balaban J connectivity index is 2.16. The van der Waals surface area contributed by atoms with Gasteiger partial charge in [0, 0.05) is 25.7 Å². The highest BCUT2D eigenvalue weighted by Crippen LogP contribution is 2.24. The van der Waals surface area contributed by atoms with Crippen LogP contribution >= 0.6 is 0 Å². The van der Waals surface area contributed by atoms with E-state index in [4.69, 9.17) is 4.74 Å². The molecule has 0 saturated carbocycles. The zero-order valence-corrected chi connectivity index (χ0v) is 12.7. The molecule has 0 saturated heterocycles. The van der Waals surface area contributed by atoms with E-state index in [1.54, 1.807) is 7.11 Å². The van der Waals surface area contributed by atoms with Crippen molar-refractivity contribution in [1.82, 2.24) is 0 Å². The quantitative estimate of drug-likeness (QED) is 0.762. The minimum atomic E-state index is -0.148. The minimum absolute atomic E-state index is 0.148. The molecule has 3 nitrogen and oxygen atoms in total. The van der Waals surface area contributed by atoms with Crippen LogP contribution < -0.4 is 9.64 Å². The van der Waals surface area contributed by atoms with Crippen LogP contribution in [0.15, 0.2) is 48.5 Å². The van der Waals surface area contributed by atoms with Crippen molar-refractivity contribution in [3.8, 4) is 5.75 Å². The van der Waals surface area contributed by atoms with Crippen molar-refractivity contribution in [2.75, 3.05) is 26.1 Å². The van der Waals surface area contributed by atoms with Gasteiger partial charge in [-0.2, -0.15) is 0 Å². The first kappa shape index (κ1) is 15.1. The number of nitrogens with zero attached hydrogens (tertiary/aromatic N) is 1. The van der Waals surface area contributed by atoms with Gasteiger partial charge in [0.1, 0.15) is 12.0 Å². The molecule has 2 rings (SSSR count). The lowest BCUT2D eigenvalue weighted by Gasteiger charge is -2.15. The number of methoxy groups -OCH3 is 1. The number of hydrogen-bond acceptors (Lipinski definition) is 3. The summed E-state index contributed by atoms with van der Waals surface area (Å²) >= 11 is 0. The first-order chi connectivity index (χ1) is 10.1. The molecule has 1 unspecified atom stereocenters. The van der Waals surface area contributed by atoms with Gasteiger partial charge in [-0.3, -0.25) is 0 Å². The molecular weight excluding hydrogens is 262 g/mol. The highest BCUT2D eigenvalue weighted by molar-refractivity contribution is 5.63. The lowest BCUT2D eigenvalue weighted by atomic mass is 9.93. The van der Waals surface area contributed by atoms with Crippen molar-refractivity contribution in [1.29, 1.82) is 0 Å². The van der Waals surface area contributed by atoms with Crippen molar-refractivity contribution < 1.29 is 9.53 Å². The number of carbonyl (C=O) groups is 1. The number of ether oxygens (including phenoxy) is 1. The van der Waals surface area contributed by atoms with E-state index in [0.29, 0.717) is 6.42 Å². The standard InChI is InChI=1S/C18H21NO2/c1-19(2)17-9-7-14(8-10-17)11-16(13-20)15-5-4-6-18(12-15)21-3/h4-10,12-13,16H,11H2,1-3H3. The van der Waals surface area contributed by atoms with E-state index in [0.717, 1.165) is 28.8 Å². The summed E-state index contributed by atoms with van der Waals surface area (Å²) in [6, 6.07) is 16.0. The monoisotopic (exact) mass is 283 g/mol. The van der Waals surface area contributed by atoms with Gasteiger partial charge in [0.2, 0.25) is 0 Å². The molecule has 0 amide bonds. The summed E-state index contributed by atoms with van der Waals surface area (Å²) in [7, 11) is 5.66. The predicted octanol–water partition coefficient (Wildman–Crippen LogP) is 3.29. The Morgan fingerprint density at radius 1 is 1.14 bits per heavy atom. The van der Waals surface area contributed by atoms with Crippen LogP contribution in [0.4, 0.5) is 5.69 Å². The average Bonchev–Trinajstić information content (AvgIpc) is 2.53. The third-order valence-corrected chi connectivity index (χ3v) is 3.59. The molecule has 0 bridgehead atoms. The van der Waals surface area contributed by atoms with Crippen molar-refractivity contribution in [2.45, 2.75) is 12.3 Å². The molecule has 1 atom stereocenters. The lowest BCUT2D eigenvalue weighted by Crippen LogP contribution is -2.09. The highest BCUT2D eigenvalue weighted by atomic mass is 16.5. The molecular formula is C18H21NO2. The van der Waals surface area contributed by atoms with Gasteiger partial charge in [0.15, 0.2) is 0 Å². The van der Waals surface area contributed by atoms with Crippen molar-refractivity contribution in [2.24, 2.45) is 0 Å². The number of anilines is 1. The smallest absolute Gasteiger partial charge is 0.127 e. The number of aldehydes is 1. The zero-order chi connectivity index (χ0) is 15.2. The molecule has 0 spiro atoms. The van der Waals surface area contributed by atoms with E-state index in [2.05, 4.69) is 29.2 Å². The van der Waals surface area contributed by atoms with E-state index in [-0.39, 0.29) is 5.92 Å². The second kappa shape index (κ2) is 6.93. The minimum Gasteiger partial charge on any atom is -0.497 e. The van der Waals surface area contributed by atoms with Crippen LogP contribution in [0.3, 0.4) is 0 Å². The van der Waals surface area contributed by atoms with Gasteiger partial charge in [0.25, 0.3) is 0 Å². The summed E-state index contributed by atoms with van der Waals surface area (Å²) in [5.41, 5.74) is 3.30. The number of benzene rings is 2. The van der Waals surface area contributed by atoms with Gasteiger partial charge in [-0.15, -0.1) is 0 Å². The van der Waals surface area contributed by atoms with Gasteiger partial charge in [-0.05, 0) is 41.8 Å². The maximum Gasteiger partial charge on any atom is 0.127 e. The van der Waals surface area contributed by atoms with Crippen LogP contribution in [0.2, 0.25) is 0 Å². The second-order valence-electron chi connectivity index (χ2n) is 5.28. The van der Waals surface area contributed by atoms with Gasteiger partial charge in [-0.25, -0.2) is 0 Å². The third kappa shape index (κ3) is 3.85. The average molecular weight is 283 g/mol. The largest absolute Gasteiger partial charge is 0.497 e. The Hall–Kier alpha value is -2.29. The lowest BCUT2D eigenvalue weighted by molar-refractivity contribution is -0.109. The maximum absolute atomic E-state index is 11.4. The molecule has 0 aliphatic carbocycles. The molecule has 0 aliphatic heterocycles. The number of hydrogen-bond donors (Lipinski definition) is 0. The van der Waals surface area contributed by atoms with Gasteiger partial charge in [0.05, 0.1) is 7.11 Å². The summed E-state index contributed by atoms with van der Waals surface area (Å²) in [5.74, 6) is 0.632. The Labute approximate surface area is 126 Å². The molecule has 110 valence electrons. The van der Waals surface area contributed by atoms with Crippen molar-refractivity contribution in [3.63, 3.8) is 0 Å². The zero-order valence-electron chi connectivity index (χ0n) is 12.7. The molecule has 2 aromatic carbocycles. The maximum atomic E-state index is 11.4. The van der Waals surface area contributed by atoms with Crippen LogP contribution in [-0.4, -0.2) is 27.5 Å². The van der Waals surface area contributed by atoms with E-state index in [1.165, 1.54) is 0 Å². The van der Waals surface area contributed by atoms with E-state index in [1.807, 2.05) is 38.4 Å². The molecule has 0 aliphatic rings. The third-order valence-electron chi connectivity index (χ3n) is 3.59. The Morgan fingerprint density at radius 3 is 2.43 bits per heavy atom. The first-order valence-corrected chi connectivity index (χ1v) is 6.99. The summed E-state index contributed by atoms with van der Waals surface area (Å²) in [6.45, 7) is 0. The molecule has 0 aromatic heterocycles. The van der Waals surface area contributed by atoms with Crippen LogP contribution in [0.1, 0.15) is 17.0 Å². The van der Waals surface area contributed by atoms with E-state index in [9.17, 15) is 4.79 Å². The SMILES string of the molecule is COc1cccc(C(C=O)Cc2ccc(N(C)C)cc2)c1. The molecule has 0 N–H and O–H groups in total. The van der Waals surface area contributed by atoms with E-state index < -0.39 is 0 Å². The molecule has 21 heavy (non-hydrogen) atoms. The molecule has 3 heteroatoms. The topological polar surface area (TPSA) is 29.5 Å². The highest BCUT2D eigenvalue weighted by Gasteiger charge is 2.12. The summed E-state index contributed by atoms with van der Waals surface area (Å²) in [4.78, 5) is 13.5. The molecule has 0 radical (unpaired) electrons. The van der Waals surface area contributed by atoms with E-state index >= 15 is 0 Å². The number of rotatable bonds is 6. The number of carbonyl (C=O) groups excluding carboxylic acids is 1. The Morgan fingerprint density at radius 2 is 1.86 bits per heavy atom. The summed E-state index contributed by atoms with van der Waals surface area (Å²) in [6.07, 6.45) is 1.71. The fourth-order valence-corrected chi connectivity index (χ4v) is 2.30. The molecule has 2 aromatic rings.